The summed E-state index contributed by atoms with van der Waals surface area (Å²) in [6.07, 6.45) is 3.62. The van der Waals surface area contributed by atoms with Crippen molar-refractivity contribution in [3.05, 3.63) is 64.7 Å². The Kier molecular flexibility index (Phi) is 8.53. The summed E-state index contributed by atoms with van der Waals surface area (Å²) in [4.78, 5) is 9.57. The Morgan fingerprint density at radius 2 is 1.60 bits per heavy atom. The molecule has 0 atom stereocenters. The van der Waals surface area contributed by atoms with Crippen LogP contribution in [0.15, 0.2) is 47.5 Å². The lowest BCUT2D eigenvalue weighted by Gasteiger charge is -2.34. The quantitative estimate of drug-likeness (QED) is 0.346. The Hall–Kier alpha value is -1.64. The molecule has 1 saturated heterocycles. The first-order valence-electron chi connectivity index (χ1n) is 10.9. The van der Waals surface area contributed by atoms with E-state index in [0.717, 1.165) is 31.9 Å². The molecule has 0 saturated carbocycles. The molecule has 2 aromatic carbocycles. The van der Waals surface area contributed by atoms with E-state index in [4.69, 9.17) is 5.73 Å². The minimum atomic E-state index is 0. The highest BCUT2D eigenvalue weighted by molar-refractivity contribution is 14.0. The number of nitrogens with zero attached hydrogens (tertiary/aromatic N) is 3. The Morgan fingerprint density at radius 1 is 0.933 bits per heavy atom. The van der Waals surface area contributed by atoms with Gasteiger partial charge >= 0.3 is 0 Å². The van der Waals surface area contributed by atoms with E-state index < -0.39 is 0 Å². The number of guanidine groups is 1. The molecule has 30 heavy (non-hydrogen) atoms. The van der Waals surface area contributed by atoms with Gasteiger partial charge in [-0.1, -0.05) is 37.3 Å². The SMILES string of the molecule is CCN1CCN(Cc2ccc(CN=C(N)Nc3ccc4c(c3)CCC4)cc2)CC1.I. The summed E-state index contributed by atoms with van der Waals surface area (Å²) in [6.45, 7) is 9.70. The van der Waals surface area contributed by atoms with Gasteiger partial charge in [-0.2, -0.15) is 0 Å². The molecule has 0 bridgehead atoms. The van der Waals surface area contributed by atoms with Crippen molar-refractivity contribution in [2.24, 2.45) is 10.7 Å². The number of hydrogen-bond acceptors (Lipinski definition) is 3. The molecule has 0 spiro atoms. The van der Waals surface area contributed by atoms with E-state index >= 15 is 0 Å². The van der Waals surface area contributed by atoms with E-state index in [-0.39, 0.29) is 24.0 Å². The lowest BCUT2D eigenvalue weighted by Crippen LogP contribution is -2.45. The van der Waals surface area contributed by atoms with Crippen LogP contribution in [0, 0.1) is 0 Å². The number of nitrogens with one attached hydrogen (secondary N) is 1. The molecule has 162 valence electrons. The topological polar surface area (TPSA) is 56.9 Å². The first-order valence-corrected chi connectivity index (χ1v) is 10.9. The van der Waals surface area contributed by atoms with Crippen LogP contribution in [-0.4, -0.2) is 48.5 Å². The molecular formula is C24H34IN5. The van der Waals surface area contributed by atoms with Crippen molar-refractivity contribution in [2.75, 3.05) is 38.0 Å². The van der Waals surface area contributed by atoms with Crippen LogP contribution < -0.4 is 11.1 Å². The van der Waals surface area contributed by atoms with E-state index in [2.05, 4.69) is 69.5 Å². The van der Waals surface area contributed by atoms with Crippen LogP contribution in [-0.2, 0) is 25.9 Å². The van der Waals surface area contributed by atoms with Crippen LogP contribution >= 0.6 is 24.0 Å². The van der Waals surface area contributed by atoms with Gasteiger partial charge in [0.1, 0.15) is 0 Å². The number of benzene rings is 2. The molecule has 0 amide bonds. The van der Waals surface area contributed by atoms with Crippen molar-refractivity contribution < 1.29 is 0 Å². The lowest BCUT2D eigenvalue weighted by molar-refractivity contribution is 0.132. The van der Waals surface area contributed by atoms with Crippen LogP contribution in [0.4, 0.5) is 5.69 Å². The maximum atomic E-state index is 6.10. The van der Waals surface area contributed by atoms with Gasteiger partial charge in [0, 0.05) is 38.4 Å². The number of halogens is 1. The molecule has 1 aliphatic carbocycles. The van der Waals surface area contributed by atoms with Crippen LogP contribution in [0.2, 0.25) is 0 Å². The molecule has 1 fully saturated rings. The summed E-state index contributed by atoms with van der Waals surface area (Å²) in [6, 6.07) is 15.3. The van der Waals surface area contributed by atoms with Crippen LogP contribution in [0.5, 0.6) is 0 Å². The molecule has 1 aliphatic heterocycles. The first kappa shape index (κ1) is 23.0. The number of nitrogens with two attached hydrogens (primary N) is 1. The zero-order chi connectivity index (χ0) is 20.1. The fourth-order valence-electron chi connectivity index (χ4n) is 4.29. The van der Waals surface area contributed by atoms with E-state index in [1.165, 1.54) is 54.6 Å². The monoisotopic (exact) mass is 519 g/mol. The molecular weight excluding hydrogens is 485 g/mol. The second-order valence-corrected chi connectivity index (χ2v) is 8.19. The van der Waals surface area contributed by atoms with Gasteiger partial charge in [0.25, 0.3) is 0 Å². The largest absolute Gasteiger partial charge is 0.370 e. The number of anilines is 1. The summed E-state index contributed by atoms with van der Waals surface area (Å²) in [5.41, 5.74) is 12.6. The fourth-order valence-corrected chi connectivity index (χ4v) is 4.29. The van der Waals surface area contributed by atoms with E-state index in [1.54, 1.807) is 0 Å². The molecule has 0 aromatic heterocycles. The number of likely N-dealkylation sites (N-methyl/N-ethyl adjacent to an activating group) is 1. The number of aliphatic imine (C=N–C) groups is 1. The van der Waals surface area contributed by atoms with Crippen molar-refractivity contribution >= 4 is 35.6 Å². The summed E-state index contributed by atoms with van der Waals surface area (Å²) in [5.74, 6) is 0.473. The van der Waals surface area contributed by atoms with Gasteiger partial charge in [0.15, 0.2) is 5.96 Å². The predicted molar refractivity (Wildman–Crippen MR) is 137 cm³/mol. The second-order valence-electron chi connectivity index (χ2n) is 8.19. The predicted octanol–water partition coefficient (Wildman–Crippen LogP) is 3.86. The summed E-state index contributed by atoms with van der Waals surface area (Å²) >= 11 is 0. The Labute approximate surface area is 197 Å². The molecule has 6 heteroatoms. The average Bonchev–Trinajstić information content (AvgIpc) is 3.22. The van der Waals surface area contributed by atoms with Gasteiger partial charge in [-0.3, -0.25) is 4.90 Å². The molecule has 2 aromatic rings. The minimum Gasteiger partial charge on any atom is -0.370 e. The Bertz CT molecular complexity index is 841. The van der Waals surface area contributed by atoms with Gasteiger partial charge in [0.05, 0.1) is 6.54 Å². The molecule has 1 heterocycles. The van der Waals surface area contributed by atoms with Gasteiger partial charge in [-0.15, -0.1) is 24.0 Å². The third-order valence-electron chi connectivity index (χ3n) is 6.14. The third-order valence-corrected chi connectivity index (χ3v) is 6.14. The second kappa shape index (κ2) is 11.1. The normalized spacial score (nSPS) is 17.4. The van der Waals surface area contributed by atoms with Crippen molar-refractivity contribution in [1.29, 1.82) is 0 Å². The summed E-state index contributed by atoms with van der Waals surface area (Å²) in [5, 5.41) is 3.23. The zero-order valence-electron chi connectivity index (χ0n) is 17.9. The molecule has 5 nitrogen and oxygen atoms in total. The van der Waals surface area contributed by atoms with Crippen molar-refractivity contribution in [2.45, 2.75) is 39.3 Å². The molecule has 4 rings (SSSR count). The Balaban J connectivity index is 0.00000256. The zero-order valence-corrected chi connectivity index (χ0v) is 20.3. The molecule has 2 aliphatic rings. The fraction of sp³-hybridized carbons (Fsp3) is 0.458. The third kappa shape index (κ3) is 6.18. The highest BCUT2D eigenvalue weighted by Crippen LogP contribution is 2.24. The standard InChI is InChI=1S/C24H33N5.HI/c1-2-28-12-14-29(15-13-28)18-20-8-6-19(7-9-20)17-26-24(25)27-23-11-10-21-4-3-5-22(21)16-23;/h6-11,16H,2-5,12-15,17-18H2,1H3,(H3,25,26,27);1H. The van der Waals surface area contributed by atoms with Gasteiger partial charge in [0.2, 0.25) is 0 Å². The maximum absolute atomic E-state index is 6.10. The summed E-state index contributed by atoms with van der Waals surface area (Å²) in [7, 11) is 0. The van der Waals surface area contributed by atoms with Crippen molar-refractivity contribution in [1.82, 2.24) is 9.80 Å². The molecule has 0 unspecified atom stereocenters. The number of fused-ring (bicyclic) bond motifs is 1. The van der Waals surface area contributed by atoms with Crippen LogP contribution in [0.25, 0.3) is 0 Å². The van der Waals surface area contributed by atoms with Crippen LogP contribution in [0.3, 0.4) is 0 Å². The van der Waals surface area contributed by atoms with Gasteiger partial charge in [-0.05, 0) is 60.2 Å². The van der Waals surface area contributed by atoms with E-state index in [1.807, 2.05) is 0 Å². The maximum Gasteiger partial charge on any atom is 0.193 e. The lowest BCUT2D eigenvalue weighted by atomic mass is 10.1. The average molecular weight is 519 g/mol. The van der Waals surface area contributed by atoms with Gasteiger partial charge in [-0.25, -0.2) is 4.99 Å². The first-order chi connectivity index (χ1) is 14.2. The highest BCUT2D eigenvalue weighted by Gasteiger charge is 2.15. The molecule has 3 N–H and O–H groups in total. The number of hydrogen-bond donors (Lipinski definition) is 2. The smallest absolute Gasteiger partial charge is 0.193 e. The Morgan fingerprint density at radius 3 is 2.33 bits per heavy atom. The van der Waals surface area contributed by atoms with Gasteiger partial charge < -0.3 is 16.0 Å². The number of rotatable bonds is 6. The van der Waals surface area contributed by atoms with E-state index in [9.17, 15) is 0 Å². The van der Waals surface area contributed by atoms with Crippen molar-refractivity contribution in [3.63, 3.8) is 0 Å². The molecule has 0 radical (unpaired) electrons. The minimum absolute atomic E-state index is 0. The van der Waals surface area contributed by atoms with Crippen molar-refractivity contribution in [3.8, 4) is 0 Å². The van der Waals surface area contributed by atoms with Crippen LogP contribution in [0.1, 0.15) is 35.6 Å². The summed E-state index contributed by atoms with van der Waals surface area (Å²) < 4.78 is 0. The highest BCUT2D eigenvalue weighted by atomic mass is 127. The number of piperazine rings is 1. The number of aryl methyl sites for hydroxylation is 2. The van der Waals surface area contributed by atoms with E-state index in [0.29, 0.717) is 12.5 Å².